The summed E-state index contributed by atoms with van der Waals surface area (Å²) in [6.45, 7) is 4.59. The van der Waals surface area contributed by atoms with Crippen molar-refractivity contribution in [3.8, 4) is 0 Å². The number of hydrogen-bond acceptors (Lipinski definition) is 4. The lowest BCUT2D eigenvalue weighted by Gasteiger charge is -2.36. The molecule has 23 heavy (non-hydrogen) atoms. The van der Waals surface area contributed by atoms with Crippen molar-refractivity contribution in [3.05, 3.63) is 53.3 Å². The van der Waals surface area contributed by atoms with Crippen LogP contribution in [0.25, 0.3) is 0 Å². The molecule has 0 saturated carbocycles. The first kappa shape index (κ1) is 14.9. The molecule has 1 atom stereocenters. The summed E-state index contributed by atoms with van der Waals surface area (Å²) in [5, 5.41) is 15.2. The molecule has 0 spiro atoms. The van der Waals surface area contributed by atoms with Crippen LogP contribution >= 0.6 is 0 Å². The zero-order chi connectivity index (χ0) is 15.6. The maximum atomic E-state index is 10.5. The molecule has 0 unspecified atom stereocenters. The van der Waals surface area contributed by atoms with Gasteiger partial charge in [0.15, 0.2) is 0 Å². The number of benzene rings is 1. The number of aliphatic hydroxyl groups is 1. The summed E-state index contributed by atoms with van der Waals surface area (Å²) in [6, 6.07) is 12.4. The molecule has 1 saturated heterocycles. The summed E-state index contributed by atoms with van der Waals surface area (Å²) in [5.74, 6) is 0. The van der Waals surface area contributed by atoms with Crippen LogP contribution in [-0.4, -0.2) is 45.6 Å². The van der Waals surface area contributed by atoms with Gasteiger partial charge in [-0.25, -0.2) is 0 Å². The van der Waals surface area contributed by atoms with Gasteiger partial charge >= 0.3 is 0 Å². The second kappa shape index (κ2) is 6.43. The number of aromatic nitrogens is 2. The van der Waals surface area contributed by atoms with Gasteiger partial charge in [-0.1, -0.05) is 30.3 Å². The molecule has 0 bridgehead atoms. The molecule has 2 aromatic rings. The van der Waals surface area contributed by atoms with E-state index in [1.165, 1.54) is 5.69 Å². The van der Waals surface area contributed by atoms with Crippen molar-refractivity contribution in [2.24, 2.45) is 0 Å². The van der Waals surface area contributed by atoms with E-state index in [-0.39, 0.29) is 0 Å². The van der Waals surface area contributed by atoms with Gasteiger partial charge in [0.25, 0.3) is 0 Å². The van der Waals surface area contributed by atoms with Gasteiger partial charge in [-0.2, -0.15) is 5.10 Å². The molecule has 2 aliphatic heterocycles. The summed E-state index contributed by atoms with van der Waals surface area (Å²) < 4.78 is 7.52. The van der Waals surface area contributed by atoms with Crippen LogP contribution in [0.1, 0.15) is 35.9 Å². The molecule has 5 nitrogen and oxygen atoms in total. The van der Waals surface area contributed by atoms with E-state index >= 15 is 0 Å². The molecule has 1 aromatic carbocycles. The van der Waals surface area contributed by atoms with E-state index in [0.29, 0.717) is 6.04 Å². The van der Waals surface area contributed by atoms with E-state index in [0.717, 1.165) is 56.9 Å². The molecular weight excluding hydrogens is 290 g/mol. The molecule has 1 fully saturated rings. The summed E-state index contributed by atoms with van der Waals surface area (Å²) in [6.07, 6.45) is 1.59. The Hall–Kier alpha value is -1.69. The normalized spacial score (nSPS) is 21.1. The summed E-state index contributed by atoms with van der Waals surface area (Å²) >= 11 is 0. The minimum absolute atomic E-state index is 0.620. The molecule has 4 rings (SSSR count). The van der Waals surface area contributed by atoms with E-state index in [2.05, 4.69) is 20.7 Å². The quantitative estimate of drug-likeness (QED) is 0.941. The van der Waals surface area contributed by atoms with Crippen LogP contribution in [0.3, 0.4) is 0 Å². The fourth-order valence-electron chi connectivity index (χ4n) is 3.61. The first-order chi connectivity index (χ1) is 11.3. The Morgan fingerprint density at radius 1 is 1.13 bits per heavy atom. The van der Waals surface area contributed by atoms with Crippen molar-refractivity contribution in [1.82, 2.24) is 14.7 Å². The van der Waals surface area contributed by atoms with Crippen molar-refractivity contribution in [2.45, 2.75) is 38.1 Å². The van der Waals surface area contributed by atoms with Crippen LogP contribution in [0, 0.1) is 0 Å². The number of ether oxygens (including phenoxy) is 1. The van der Waals surface area contributed by atoms with Crippen molar-refractivity contribution in [3.63, 3.8) is 0 Å². The lowest BCUT2D eigenvalue weighted by Crippen LogP contribution is -2.43. The molecule has 3 heterocycles. The largest absolute Gasteiger partial charge is 0.382 e. The number of fused-ring (bicyclic) bond motifs is 1. The maximum absolute atomic E-state index is 10.5. The highest BCUT2D eigenvalue weighted by molar-refractivity contribution is 5.26. The van der Waals surface area contributed by atoms with Crippen molar-refractivity contribution < 1.29 is 9.84 Å². The highest BCUT2D eigenvalue weighted by Gasteiger charge is 2.27. The molecule has 5 heteroatoms. The molecule has 2 aliphatic rings. The van der Waals surface area contributed by atoms with Crippen LogP contribution in [0.5, 0.6) is 0 Å². The van der Waals surface area contributed by atoms with E-state index < -0.39 is 6.10 Å². The summed E-state index contributed by atoms with van der Waals surface area (Å²) in [7, 11) is 0. The average Bonchev–Trinajstić information content (AvgIpc) is 3.06. The standard InChI is InChI=1S/C18H23N3O2/c22-18(14-4-2-1-3-5-14)17-12-16-13-20(8-9-21(16)19-17)15-6-10-23-11-7-15/h1-5,12,15,18,22H,6-11,13H2/t18-/m1/s1. The lowest BCUT2D eigenvalue weighted by atomic mass is 10.1. The second-order valence-corrected chi connectivity index (χ2v) is 6.41. The van der Waals surface area contributed by atoms with Crippen molar-refractivity contribution in [2.75, 3.05) is 19.8 Å². The van der Waals surface area contributed by atoms with Gasteiger partial charge in [-0.3, -0.25) is 9.58 Å². The Labute approximate surface area is 136 Å². The first-order valence-electron chi connectivity index (χ1n) is 8.43. The van der Waals surface area contributed by atoms with Crippen LogP contribution in [0.15, 0.2) is 36.4 Å². The summed E-state index contributed by atoms with van der Waals surface area (Å²) in [5.41, 5.74) is 2.84. The second-order valence-electron chi connectivity index (χ2n) is 6.41. The van der Waals surface area contributed by atoms with Crippen LogP contribution in [0.4, 0.5) is 0 Å². The number of nitrogens with zero attached hydrogens (tertiary/aromatic N) is 3. The van der Waals surface area contributed by atoms with Crippen molar-refractivity contribution in [1.29, 1.82) is 0 Å². The van der Waals surface area contributed by atoms with Gasteiger partial charge in [-0.05, 0) is 24.5 Å². The number of rotatable bonds is 3. The fourth-order valence-corrected chi connectivity index (χ4v) is 3.61. The van der Waals surface area contributed by atoms with Crippen LogP contribution in [0.2, 0.25) is 0 Å². The molecule has 122 valence electrons. The van der Waals surface area contributed by atoms with E-state index in [9.17, 15) is 5.11 Å². The van der Waals surface area contributed by atoms with E-state index in [1.807, 2.05) is 30.3 Å². The smallest absolute Gasteiger partial charge is 0.123 e. The van der Waals surface area contributed by atoms with Gasteiger partial charge in [-0.15, -0.1) is 0 Å². The Morgan fingerprint density at radius 3 is 2.70 bits per heavy atom. The Balaban J connectivity index is 1.51. The fraction of sp³-hybridized carbons (Fsp3) is 0.500. The zero-order valence-electron chi connectivity index (χ0n) is 13.3. The van der Waals surface area contributed by atoms with Gasteiger partial charge in [0, 0.05) is 32.3 Å². The van der Waals surface area contributed by atoms with E-state index in [4.69, 9.17) is 4.74 Å². The third-order valence-electron chi connectivity index (χ3n) is 4.95. The van der Waals surface area contributed by atoms with Crippen molar-refractivity contribution >= 4 is 0 Å². The predicted molar refractivity (Wildman–Crippen MR) is 87.0 cm³/mol. The molecule has 0 radical (unpaired) electrons. The monoisotopic (exact) mass is 313 g/mol. The SMILES string of the molecule is O[C@H](c1ccccc1)c1cc2n(n1)CCN(C1CCOCC1)C2. The van der Waals surface area contributed by atoms with Gasteiger partial charge < -0.3 is 9.84 Å². The number of aliphatic hydroxyl groups excluding tert-OH is 1. The first-order valence-corrected chi connectivity index (χ1v) is 8.43. The third-order valence-corrected chi connectivity index (χ3v) is 4.95. The topological polar surface area (TPSA) is 50.5 Å². The third kappa shape index (κ3) is 3.04. The summed E-state index contributed by atoms with van der Waals surface area (Å²) in [4.78, 5) is 2.54. The van der Waals surface area contributed by atoms with E-state index in [1.54, 1.807) is 0 Å². The predicted octanol–water partition coefficient (Wildman–Crippen LogP) is 1.96. The molecule has 1 N–H and O–H groups in total. The van der Waals surface area contributed by atoms with Crippen LogP contribution < -0.4 is 0 Å². The molecule has 1 aromatic heterocycles. The van der Waals surface area contributed by atoms with Gasteiger partial charge in [0.2, 0.25) is 0 Å². The van der Waals surface area contributed by atoms with Crippen LogP contribution in [-0.2, 0) is 17.8 Å². The zero-order valence-corrected chi connectivity index (χ0v) is 13.3. The molecular formula is C18H23N3O2. The average molecular weight is 313 g/mol. The minimum Gasteiger partial charge on any atom is -0.382 e. The maximum Gasteiger partial charge on any atom is 0.123 e. The molecule has 0 aliphatic carbocycles. The lowest BCUT2D eigenvalue weighted by molar-refractivity contribution is 0.0232. The Kier molecular flexibility index (Phi) is 4.16. The highest BCUT2D eigenvalue weighted by Crippen LogP contribution is 2.25. The highest BCUT2D eigenvalue weighted by atomic mass is 16.5. The molecule has 0 amide bonds. The minimum atomic E-state index is -0.647. The van der Waals surface area contributed by atoms with Gasteiger partial charge in [0.1, 0.15) is 6.10 Å². The Bertz CT molecular complexity index is 650. The number of hydrogen-bond donors (Lipinski definition) is 1. The Morgan fingerprint density at radius 2 is 1.91 bits per heavy atom. The van der Waals surface area contributed by atoms with Gasteiger partial charge in [0.05, 0.1) is 17.9 Å².